The van der Waals surface area contributed by atoms with Crippen LogP contribution in [0.15, 0.2) is 59.8 Å². The second kappa shape index (κ2) is 9.69. The van der Waals surface area contributed by atoms with Gasteiger partial charge in [0.25, 0.3) is 5.92 Å². The van der Waals surface area contributed by atoms with Crippen molar-refractivity contribution in [2.75, 3.05) is 35.7 Å². The van der Waals surface area contributed by atoms with E-state index in [1.54, 1.807) is 35.2 Å². The van der Waals surface area contributed by atoms with Gasteiger partial charge in [-0.3, -0.25) is 0 Å². The van der Waals surface area contributed by atoms with Gasteiger partial charge in [0, 0.05) is 29.7 Å². The molecule has 2 heterocycles. The fourth-order valence-corrected chi connectivity index (χ4v) is 4.54. The van der Waals surface area contributed by atoms with Crippen LogP contribution in [0.5, 0.6) is 0 Å². The fourth-order valence-electron chi connectivity index (χ4n) is 3.66. The molecule has 3 N–H and O–H groups in total. The first kappa shape index (κ1) is 24.1. The summed E-state index contributed by atoms with van der Waals surface area (Å²) in [6, 6.07) is 13.0. The molecular weight excluding hydrogens is 486 g/mol. The number of sulfonamides is 1. The lowest BCUT2D eigenvalue weighted by molar-refractivity contribution is -0.0116. The standard InChI is InChI=1S/C22H23ClF2N6O2S/c1-26-34(32,33)17-7-8-19(31-10-2-9-22(24,25)13-31)18(11-17)30-21-12-20(27-14-28-21)29-16-5-3-15(23)4-6-16/h3-8,11-12,14,26H,2,9-10,13H2,1H3,(H2,27,28,29,30). The molecule has 0 spiro atoms. The van der Waals surface area contributed by atoms with Gasteiger partial charge >= 0.3 is 0 Å². The van der Waals surface area contributed by atoms with Crippen molar-refractivity contribution in [3.63, 3.8) is 0 Å². The normalized spacial score (nSPS) is 15.7. The van der Waals surface area contributed by atoms with Crippen LogP contribution >= 0.6 is 11.6 Å². The fraction of sp³-hybridized carbons (Fsp3) is 0.273. The molecule has 0 unspecified atom stereocenters. The second-order valence-electron chi connectivity index (χ2n) is 7.81. The molecule has 1 aromatic heterocycles. The Kier molecular flexibility index (Phi) is 6.87. The number of benzene rings is 2. The molecular formula is C22H23ClF2N6O2S. The van der Waals surface area contributed by atoms with Crippen LogP contribution in [-0.2, 0) is 10.0 Å². The Bertz CT molecular complexity index is 1270. The Balaban J connectivity index is 1.66. The monoisotopic (exact) mass is 508 g/mol. The van der Waals surface area contributed by atoms with Gasteiger partial charge in [0.05, 0.1) is 22.8 Å². The van der Waals surface area contributed by atoms with E-state index >= 15 is 0 Å². The first-order chi connectivity index (χ1) is 16.1. The number of aromatic nitrogens is 2. The molecule has 180 valence electrons. The molecule has 4 rings (SSSR count). The minimum Gasteiger partial charge on any atom is -0.364 e. The minimum absolute atomic E-state index is 0.00131. The van der Waals surface area contributed by atoms with Crippen molar-refractivity contribution in [3.8, 4) is 0 Å². The topological polar surface area (TPSA) is 99.2 Å². The molecule has 0 bridgehead atoms. The molecule has 1 saturated heterocycles. The van der Waals surface area contributed by atoms with Crippen LogP contribution in [-0.4, -0.2) is 44.4 Å². The molecule has 0 atom stereocenters. The van der Waals surface area contributed by atoms with Crippen LogP contribution in [0, 0.1) is 0 Å². The molecule has 1 aliphatic heterocycles. The predicted molar refractivity (Wildman–Crippen MR) is 129 cm³/mol. The van der Waals surface area contributed by atoms with Gasteiger partial charge < -0.3 is 15.5 Å². The zero-order chi connectivity index (χ0) is 24.3. The highest BCUT2D eigenvalue weighted by Gasteiger charge is 2.36. The number of nitrogens with zero attached hydrogens (tertiary/aromatic N) is 3. The van der Waals surface area contributed by atoms with E-state index in [1.165, 1.54) is 31.6 Å². The van der Waals surface area contributed by atoms with Crippen molar-refractivity contribution in [1.29, 1.82) is 0 Å². The lowest BCUT2D eigenvalue weighted by atomic mass is 10.1. The Morgan fingerprint density at radius 3 is 2.41 bits per heavy atom. The van der Waals surface area contributed by atoms with Crippen LogP contribution in [0.4, 0.5) is 37.5 Å². The lowest BCUT2D eigenvalue weighted by Crippen LogP contribution is -2.42. The first-order valence-corrected chi connectivity index (χ1v) is 12.3. The van der Waals surface area contributed by atoms with Gasteiger partial charge in [-0.2, -0.15) is 0 Å². The maximum Gasteiger partial charge on any atom is 0.265 e. The quantitative estimate of drug-likeness (QED) is 0.423. The molecule has 1 fully saturated rings. The highest BCUT2D eigenvalue weighted by atomic mass is 35.5. The minimum atomic E-state index is -3.75. The maximum atomic E-state index is 14.1. The van der Waals surface area contributed by atoms with Crippen LogP contribution in [0.3, 0.4) is 0 Å². The average Bonchev–Trinajstić information content (AvgIpc) is 2.80. The zero-order valence-electron chi connectivity index (χ0n) is 18.2. The Hall–Kier alpha value is -3.02. The number of nitrogens with one attached hydrogen (secondary N) is 3. The van der Waals surface area contributed by atoms with Gasteiger partial charge in [-0.1, -0.05) is 11.6 Å². The third-order valence-corrected chi connectivity index (χ3v) is 6.99. The van der Waals surface area contributed by atoms with Crippen LogP contribution in [0.2, 0.25) is 5.02 Å². The molecule has 12 heteroatoms. The van der Waals surface area contributed by atoms with E-state index in [0.717, 1.165) is 5.69 Å². The van der Waals surface area contributed by atoms with E-state index in [9.17, 15) is 17.2 Å². The SMILES string of the molecule is CNS(=O)(=O)c1ccc(N2CCCC(F)(F)C2)c(Nc2cc(Nc3ccc(Cl)cc3)ncn2)c1. The molecule has 0 aliphatic carbocycles. The Morgan fingerprint density at radius 2 is 1.74 bits per heavy atom. The van der Waals surface area contributed by atoms with Gasteiger partial charge in [-0.25, -0.2) is 31.9 Å². The van der Waals surface area contributed by atoms with Gasteiger partial charge in [-0.15, -0.1) is 0 Å². The molecule has 8 nitrogen and oxygen atoms in total. The maximum absolute atomic E-state index is 14.1. The number of hydrogen-bond donors (Lipinski definition) is 3. The highest BCUT2D eigenvalue weighted by molar-refractivity contribution is 7.89. The molecule has 34 heavy (non-hydrogen) atoms. The van der Waals surface area contributed by atoms with Gasteiger partial charge in [-0.05, 0) is 55.9 Å². The van der Waals surface area contributed by atoms with Gasteiger partial charge in [0.2, 0.25) is 10.0 Å². The molecule has 1 aliphatic rings. The summed E-state index contributed by atoms with van der Waals surface area (Å²) >= 11 is 5.92. The third-order valence-electron chi connectivity index (χ3n) is 5.33. The lowest BCUT2D eigenvalue weighted by Gasteiger charge is -2.35. The molecule has 0 saturated carbocycles. The van der Waals surface area contributed by atoms with E-state index in [2.05, 4.69) is 25.3 Å². The Morgan fingerprint density at radius 1 is 1.03 bits per heavy atom. The summed E-state index contributed by atoms with van der Waals surface area (Å²) in [4.78, 5) is 9.94. The summed E-state index contributed by atoms with van der Waals surface area (Å²) in [6.45, 7) is -0.0253. The zero-order valence-corrected chi connectivity index (χ0v) is 19.8. The number of alkyl halides is 2. The number of rotatable bonds is 7. The number of halogens is 3. The predicted octanol–water partition coefficient (Wildman–Crippen LogP) is 4.76. The van der Waals surface area contributed by atoms with Gasteiger partial charge in [0.1, 0.15) is 18.0 Å². The smallest absolute Gasteiger partial charge is 0.265 e. The van der Waals surface area contributed by atoms with E-state index in [-0.39, 0.29) is 11.3 Å². The number of hydrogen-bond acceptors (Lipinski definition) is 7. The second-order valence-corrected chi connectivity index (χ2v) is 10.1. The highest BCUT2D eigenvalue weighted by Crippen LogP contribution is 2.36. The number of anilines is 5. The summed E-state index contributed by atoms with van der Waals surface area (Å²) in [5.74, 6) is -1.99. The van der Waals surface area contributed by atoms with Gasteiger partial charge in [0.15, 0.2) is 0 Å². The largest absolute Gasteiger partial charge is 0.364 e. The molecule has 0 amide bonds. The summed E-state index contributed by atoms with van der Waals surface area (Å²) in [5, 5.41) is 6.80. The third kappa shape index (κ3) is 5.72. The summed E-state index contributed by atoms with van der Waals surface area (Å²) in [7, 11) is -2.44. The van der Waals surface area contributed by atoms with E-state index in [4.69, 9.17) is 11.6 Å². The van der Waals surface area contributed by atoms with Crippen molar-refractivity contribution in [3.05, 3.63) is 59.9 Å². The van der Waals surface area contributed by atoms with Crippen molar-refractivity contribution < 1.29 is 17.2 Å². The van der Waals surface area contributed by atoms with Crippen molar-refractivity contribution in [1.82, 2.24) is 14.7 Å². The molecule has 2 aromatic carbocycles. The van der Waals surface area contributed by atoms with Crippen LogP contribution in [0.1, 0.15) is 12.8 Å². The van der Waals surface area contributed by atoms with E-state index in [0.29, 0.717) is 41.0 Å². The summed E-state index contributed by atoms with van der Waals surface area (Å²) in [6.07, 6.45) is 1.49. The Labute approximate surface area is 201 Å². The van der Waals surface area contributed by atoms with E-state index in [1.807, 2.05) is 0 Å². The first-order valence-electron chi connectivity index (χ1n) is 10.5. The summed E-state index contributed by atoms with van der Waals surface area (Å²) < 4.78 is 55.2. The van der Waals surface area contributed by atoms with E-state index < -0.39 is 22.5 Å². The van der Waals surface area contributed by atoms with Crippen LogP contribution < -0.4 is 20.3 Å². The van der Waals surface area contributed by atoms with Crippen molar-refractivity contribution in [2.45, 2.75) is 23.7 Å². The molecule has 0 radical (unpaired) electrons. The number of piperidine rings is 1. The summed E-state index contributed by atoms with van der Waals surface area (Å²) in [5.41, 5.74) is 1.55. The molecule has 3 aromatic rings. The van der Waals surface area contributed by atoms with Crippen molar-refractivity contribution >= 4 is 50.3 Å². The van der Waals surface area contributed by atoms with Crippen LogP contribution in [0.25, 0.3) is 0 Å². The average molecular weight is 509 g/mol. The van der Waals surface area contributed by atoms with Crippen molar-refractivity contribution in [2.24, 2.45) is 0 Å².